The van der Waals surface area contributed by atoms with E-state index in [1.54, 1.807) is 11.0 Å². The number of hydrogen-bond acceptors (Lipinski definition) is 6. The summed E-state index contributed by atoms with van der Waals surface area (Å²) in [6.45, 7) is 0.880. The number of furan rings is 1. The van der Waals surface area contributed by atoms with Crippen molar-refractivity contribution >= 4 is 21.2 Å². The first kappa shape index (κ1) is 18.2. The smallest absolute Gasteiger partial charge is 0.311 e. The average Bonchev–Trinajstić information content (AvgIpc) is 3.10. The minimum Gasteiger partial charge on any atom is -0.459 e. The average molecular weight is 398 g/mol. The Labute approximate surface area is 162 Å². The van der Waals surface area contributed by atoms with E-state index < -0.39 is 14.8 Å². The molecular weight excluding hydrogens is 380 g/mol. The van der Waals surface area contributed by atoms with Crippen molar-refractivity contribution in [2.75, 3.05) is 17.7 Å². The van der Waals surface area contributed by atoms with Crippen molar-refractivity contribution in [2.45, 2.75) is 17.9 Å². The standard InChI is InChI=1S/C20H18N2O5S/c1-28(25,26)19-9-5-8-16(20(19)22(23)24)21-11-10-15-12-17(27-18(15)13-21)14-6-3-2-4-7-14/h2-9,12H,10-11,13H2,1H3. The Bertz CT molecular complexity index is 1150. The van der Waals surface area contributed by atoms with Gasteiger partial charge in [-0.3, -0.25) is 10.1 Å². The van der Waals surface area contributed by atoms with Crippen LogP contribution in [-0.4, -0.2) is 26.1 Å². The molecule has 1 aliphatic rings. The maximum absolute atomic E-state index is 12.0. The van der Waals surface area contributed by atoms with Crippen LogP contribution in [0.5, 0.6) is 0 Å². The fraction of sp³-hybridized carbons (Fsp3) is 0.200. The van der Waals surface area contributed by atoms with Gasteiger partial charge in [-0.2, -0.15) is 0 Å². The Morgan fingerprint density at radius 1 is 1.11 bits per heavy atom. The molecule has 28 heavy (non-hydrogen) atoms. The lowest BCUT2D eigenvalue weighted by atomic mass is 10.1. The maximum atomic E-state index is 12.0. The van der Waals surface area contributed by atoms with Crippen LogP contribution in [0.1, 0.15) is 11.3 Å². The lowest BCUT2D eigenvalue weighted by molar-refractivity contribution is -0.387. The van der Waals surface area contributed by atoms with Crippen molar-refractivity contribution < 1.29 is 17.8 Å². The zero-order chi connectivity index (χ0) is 19.9. The monoisotopic (exact) mass is 398 g/mol. The molecule has 0 fully saturated rings. The second kappa shape index (κ2) is 6.79. The highest BCUT2D eigenvalue weighted by atomic mass is 32.2. The van der Waals surface area contributed by atoms with Gasteiger partial charge in [0.05, 0.1) is 11.5 Å². The summed E-state index contributed by atoms with van der Waals surface area (Å²) in [5, 5.41) is 11.7. The van der Waals surface area contributed by atoms with Gasteiger partial charge >= 0.3 is 5.69 Å². The molecule has 0 amide bonds. The predicted octanol–water partition coefficient (Wildman–Crippen LogP) is 3.82. The fourth-order valence-corrected chi connectivity index (χ4v) is 4.37. The Kier molecular flexibility index (Phi) is 4.43. The fourth-order valence-electron chi connectivity index (χ4n) is 3.52. The molecule has 0 N–H and O–H groups in total. The van der Waals surface area contributed by atoms with Crippen LogP contribution < -0.4 is 4.90 Å². The molecule has 0 saturated heterocycles. The number of nitro groups is 1. The van der Waals surface area contributed by atoms with Crippen LogP contribution in [0.2, 0.25) is 0 Å². The normalized spacial score (nSPS) is 14.0. The summed E-state index contributed by atoms with van der Waals surface area (Å²) in [6.07, 6.45) is 1.64. The Morgan fingerprint density at radius 3 is 2.54 bits per heavy atom. The van der Waals surface area contributed by atoms with E-state index in [0.29, 0.717) is 19.5 Å². The number of nitro benzene ring substituents is 1. The molecule has 144 valence electrons. The van der Waals surface area contributed by atoms with E-state index >= 15 is 0 Å². The van der Waals surface area contributed by atoms with Crippen LogP contribution in [0.3, 0.4) is 0 Å². The number of hydrogen-bond donors (Lipinski definition) is 0. The highest BCUT2D eigenvalue weighted by molar-refractivity contribution is 7.90. The van der Waals surface area contributed by atoms with Gasteiger partial charge < -0.3 is 9.32 Å². The number of sulfone groups is 1. The van der Waals surface area contributed by atoms with Crippen molar-refractivity contribution in [3.8, 4) is 11.3 Å². The number of benzene rings is 2. The summed E-state index contributed by atoms with van der Waals surface area (Å²) in [7, 11) is -3.72. The van der Waals surface area contributed by atoms with Crippen LogP contribution in [0, 0.1) is 10.1 Å². The quantitative estimate of drug-likeness (QED) is 0.490. The molecule has 0 unspecified atom stereocenters. The van der Waals surface area contributed by atoms with Crippen LogP contribution in [0.4, 0.5) is 11.4 Å². The molecule has 0 atom stereocenters. The third-order valence-corrected chi connectivity index (χ3v) is 5.97. The number of fused-ring (bicyclic) bond motifs is 1. The molecule has 0 spiro atoms. The van der Waals surface area contributed by atoms with Crippen LogP contribution >= 0.6 is 0 Å². The van der Waals surface area contributed by atoms with Gasteiger partial charge in [0.1, 0.15) is 22.1 Å². The Balaban J connectivity index is 1.72. The van der Waals surface area contributed by atoms with Crippen molar-refractivity contribution in [1.82, 2.24) is 0 Å². The molecule has 3 aromatic rings. The zero-order valence-electron chi connectivity index (χ0n) is 15.2. The van der Waals surface area contributed by atoms with Gasteiger partial charge in [-0.05, 0) is 30.2 Å². The molecule has 0 saturated carbocycles. The summed E-state index contributed by atoms with van der Waals surface area (Å²) in [5.74, 6) is 1.50. The SMILES string of the molecule is CS(=O)(=O)c1cccc(N2CCc3cc(-c4ccccc4)oc3C2)c1[N+](=O)[O-]. The summed E-state index contributed by atoms with van der Waals surface area (Å²) in [6, 6.07) is 16.1. The molecule has 1 aromatic heterocycles. The minimum atomic E-state index is -3.72. The van der Waals surface area contributed by atoms with Gasteiger partial charge in [0, 0.05) is 18.4 Å². The molecule has 4 rings (SSSR count). The van der Waals surface area contributed by atoms with Crippen LogP contribution in [0.25, 0.3) is 11.3 Å². The van der Waals surface area contributed by atoms with Crippen molar-refractivity contribution in [2.24, 2.45) is 0 Å². The summed E-state index contributed by atoms with van der Waals surface area (Å²) >= 11 is 0. The van der Waals surface area contributed by atoms with Crippen molar-refractivity contribution in [3.05, 3.63) is 76.0 Å². The highest BCUT2D eigenvalue weighted by Gasteiger charge is 2.31. The van der Waals surface area contributed by atoms with Crippen LogP contribution in [-0.2, 0) is 22.8 Å². The third-order valence-electron chi connectivity index (χ3n) is 4.84. The van der Waals surface area contributed by atoms with E-state index in [4.69, 9.17) is 4.42 Å². The molecule has 7 nitrogen and oxygen atoms in total. The van der Waals surface area contributed by atoms with Gasteiger partial charge in [-0.15, -0.1) is 0 Å². The minimum absolute atomic E-state index is 0.273. The lowest BCUT2D eigenvalue weighted by Crippen LogP contribution is -2.30. The molecule has 2 heterocycles. The van der Waals surface area contributed by atoms with E-state index in [0.717, 1.165) is 28.9 Å². The van der Waals surface area contributed by atoms with E-state index in [-0.39, 0.29) is 16.3 Å². The van der Waals surface area contributed by atoms with E-state index in [2.05, 4.69) is 0 Å². The first-order valence-electron chi connectivity index (χ1n) is 8.74. The second-order valence-corrected chi connectivity index (χ2v) is 8.73. The largest absolute Gasteiger partial charge is 0.459 e. The second-order valence-electron chi connectivity index (χ2n) is 6.75. The highest BCUT2D eigenvalue weighted by Crippen LogP contribution is 2.38. The van der Waals surface area contributed by atoms with Gasteiger partial charge in [-0.25, -0.2) is 8.42 Å². The molecule has 8 heteroatoms. The molecule has 1 aliphatic heterocycles. The summed E-state index contributed by atoms with van der Waals surface area (Å²) in [5.41, 5.74) is 1.94. The molecule has 0 aliphatic carbocycles. The van der Waals surface area contributed by atoms with Crippen molar-refractivity contribution in [3.63, 3.8) is 0 Å². The van der Waals surface area contributed by atoms with Gasteiger partial charge in [-0.1, -0.05) is 36.4 Å². The Hall–Kier alpha value is -3.13. The molecule has 0 bridgehead atoms. The first-order chi connectivity index (χ1) is 13.3. The van der Waals surface area contributed by atoms with E-state index in [1.807, 2.05) is 36.4 Å². The number of rotatable bonds is 4. The number of para-hydroxylation sites is 1. The molecular formula is C20H18N2O5S. The lowest BCUT2D eigenvalue weighted by Gasteiger charge is -2.28. The molecule has 2 aromatic carbocycles. The first-order valence-corrected chi connectivity index (χ1v) is 10.6. The van der Waals surface area contributed by atoms with Gasteiger partial charge in [0.2, 0.25) is 0 Å². The third kappa shape index (κ3) is 3.27. The number of nitrogens with zero attached hydrogens (tertiary/aromatic N) is 2. The topological polar surface area (TPSA) is 93.7 Å². The predicted molar refractivity (Wildman–Crippen MR) is 105 cm³/mol. The zero-order valence-corrected chi connectivity index (χ0v) is 16.0. The van der Waals surface area contributed by atoms with Gasteiger partial charge in [0.15, 0.2) is 9.84 Å². The van der Waals surface area contributed by atoms with Crippen LogP contribution in [0.15, 0.2) is 63.9 Å². The number of anilines is 1. The van der Waals surface area contributed by atoms with E-state index in [1.165, 1.54) is 12.1 Å². The summed E-state index contributed by atoms with van der Waals surface area (Å²) < 4.78 is 30.0. The van der Waals surface area contributed by atoms with E-state index in [9.17, 15) is 18.5 Å². The van der Waals surface area contributed by atoms with Gasteiger partial charge in [0.25, 0.3) is 0 Å². The maximum Gasteiger partial charge on any atom is 0.311 e. The van der Waals surface area contributed by atoms with Crippen molar-refractivity contribution in [1.29, 1.82) is 0 Å². The molecule has 0 radical (unpaired) electrons. The summed E-state index contributed by atoms with van der Waals surface area (Å²) in [4.78, 5) is 12.6. The Morgan fingerprint density at radius 2 is 1.86 bits per heavy atom.